The van der Waals surface area contributed by atoms with Crippen molar-refractivity contribution in [2.45, 2.75) is 69.4 Å². The van der Waals surface area contributed by atoms with E-state index in [-0.39, 0.29) is 5.91 Å². The van der Waals surface area contributed by atoms with Gasteiger partial charge in [0.05, 0.1) is 43.1 Å². The lowest BCUT2D eigenvalue weighted by molar-refractivity contribution is -0.118. The van der Waals surface area contributed by atoms with E-state index in [2.05, 4.69) is 62.2 Å². The van der Waals surface area contributed by atoms with Crippen molar-refractivity contribution in [3.63, 3.8) is 0 Å². The van der Waals surface area contributed by atoms with E-state index in [4.69, 9.17) is 16.6 Å². The summed E-state index contributed by atoms with van der Waals surface area (Å²) in [7, 11) is 0. The molecule has 5 N–H and O–H groups in total. The molecule has 1 aliphatic carbocycles. The van der Waals surface area contributed by atoms with Crippen LogP contribution in [0.4, 0.5) is 17.3 Å². The summed E-state index contributed by atoms with van der Waals surface area (Å²) in [5.74, 6) is 3.29. The van der Waals surface area contributed by atoms with E-state index in [9.17, 15) is 4.79 Å². The van der Waals surface area contributed by atoms with Gasteiger partial charge in [-0.2, -0.15) is 10.2 Å². The van der Waals surface area contributed by atoms with Crippen LogP contribution in [-0.4, -0.2) is 73.4 Å². The number of halogens is 1. The largest absolute Gasteiger partial charge is 0.356 e. The number of likely N-dealkylation sites (tertiary alicyclic amines) is 1. The summed E-state index contributed by atoms with van der Waals surface area (Å²) in [5.41, 5.74) is 10.7. The van der Waals surface area contributed by atoms with E-state index >= 15 is 0 Å². The van der Waals surface area contributed by atoms with Crippen LogP contribution < -0.4 is 16.2 Å². The van der Waals surface area contributed by atoms with Crippen molar-refractivity contribution in [3.8, 4) is 0 Å². The summed E-state index contributed by atoms with van der Waals surface area (Å²) in [4.78, 5) is 26.8. The molecule has 17 heteroatoms. The highest BCUT2D eigenvalue weighted by molar-refractivity contribution is 8.08. The predicted octanol–water partition coefficient (Wildman–Crippen LogP) is 5.94. The molecule has 7 heterocycles. The highest BCUT2D eigenvalue weighted by Crippen LogP contribution is 2.50. The molecular formula is C35H39ClN14OS. The number of anilines is 3. The number of aryl methyl sites for hydroxylation is 2. The van der Waals surface area contributed by atoms with E-state index < -0.39 is 5.41 Å². The number of aromatic nitrogens is 8. The van der Waals surface area contributed by atoms with E-state index in [1.807, 2.05) is 72.2 Å². The molecule has 1 amide bonds. The van der Waals surface area contributed by atoms with Crippen LogP contribution in [0.3, 0.4) is 0 Å². The van der Waals surface area contributed by atoms with Gasteiger partial charge in [-0.05, 0) is 70.2 Å². The van der Waals surface area contributed by atoms with Gasteiger partial charge in [-0.3, -0.25) is 45.0 Å². The number of hydrogen-bond acceptors (Lipinski definition) is 11. The molecule has 268 valence electrons. The Bertz CT molecular complexity index is 2190. The topological polar surface area (TPSA) is 156 Å². The van der Waals surface area contributed by atoms with Gasteiger partial charge in [-0.1, -0.05) is 23.4 Å². The number of thioether (sulfide) groups is 1. The van der Waals surface area contributed by atoms with Crippen molar-refractivity contribution >= 4 is 57.4 Å². The maximum Gasteiger partial charge on any atom is 0.238 e. The molecule has 5 aromatic rings. The molecule has 0 radical (unpaired) electrons. The summed E-state index contributed by atoms with van der Waals surface area (Å²) >= 11 is 8.04. The molecule has 52 heavy (non-hydrogen) atoms. The number of rotatable bonds is 10. The summed E-state index contributed by atoms with van der Waals surface area (Å²) in [6.07, 6.45) is 12.8. The molecule has 9 rings (SSSR count). The van der Waals surface area contributed by atoms with Crippen LogP contribution in [0.25, 0.3) is 10.9 Å². The van der Waals surface area contributed by atoms with E-state index in [1.165, 1.54) is 6.42 Å². The van der Waals surface area contributed by atoms with Gasteiger partial charge in [0.2, 0.25) is 5.91 Å². The molecule has 0 bridgehead atoms. The molecule has 2 fully saturated rings. The van der Waals surface area contributed by atoms with Gasteiger partial charge in [0.15, 0.2) is 16.8 Å². The highest BCUT2D eigenvalue weighted by Gasteiger charge is 2.55. The molecule has 15 nitrogen and oxygen atoms in total. The van der Waals surface area contributed by atoms with Crippen LogP contribution in [0, 0.1) is 13.8 Å². The number of carbonyl (C=O) groups is 1. The van der Waals surface area contributed by atoms with Crippen LogP contribution in [-0.2, 0) is 23.3 Å². The minimum absolute atomic E-state index is 0.0325. The number of amides is 1. The number of hydrazine groups is 2. The zero-order chi connectivity index (χ0) is 35.4. The Balaban J connectivity index is 0.923. The Kier molecular flexibility index (Phi) is 8.14. The number of carbonyl (C=O) groups excluding carboxylic acids is 1. The molecule has 4 aliphatic rings. The van der Waals surface area contributed by atoms with Gasteiger partial charge < -0.3 is 10.2 Å². The first-order chi connectivity index (χ1) is 25.3. The second kappa shape index (κ2) is 13.0. The predicted molar refractivity (Wildman–Crippen MR) is 200 cm³/mol. The maximum absolute atomic E-state index is 14.1. The molecule has 3 aliphatic heterocycles. The van der Waals surface area contributed by atoms with Gasteiger partial charge in [0.25, 0.3) is 0 Å². The van der Waals surface area contributed by atoms with Crippen LogP contribution in [0.2, 0.25) is 5.15 Å². The van der Waals surface area contributed by atoms with Crippen molar-refractivity contribution in [1.29, 1.82) is 0 Å². The molecule has 4 aromatic heterocycles. The van der Waals surface area contributed by atoms with Gasteiger partial charge in [0.1, 0.15) is 28.4 Å². The number of piperidine rings is 1. The van der Waals surface area contributed by atoms with Gasteiger partial charge in [-0.25, -0.2) is 9.97 Å². The Labute approximate surface area is 309 Å². The number of hydrogen-bond donors (Lipinski definition) is 5. The lowest BCUT2D eigenvalue weighted by Gasteiger charge is -2.37. The summed E-state index contributed by atoms with van der Waals surface area (Å²) in [6.45, 7) is 6.98. The van der Waals surface area contributed by atoms with Crippen molar-refractivity contribution < 1.29 is 4.79 Å². The lowest BCUT2D eigenvalue weighted by Crippen LogP contribution is -2.40. The fraction of sp³-hybridized carbons (Fsp3) is 0.343. The number of fused-ring (bicyclic) bond motifs is 2. The molecular weight excluding hydrogens is 700 g/mol. The SMILES string of the molecule is Cc1cc(NN2C=C(Sc3ccc(NC(=O)C4(c5ncc6n5C(N5CCCCC5)=CN(Nc5cc(C)[nH]n5)C6)CC4)cc3)n3cnc(Cl)c3C2)n[nH]1. The Morgan fingerprint density at radius 1 is 0.904 bits per heavy atom. The molecule has 1 saturated carbocycles. The Hall–Kier alpha value is -5.35. The van der Waals surface area contributed by atoms with Crippen molar-refractivity contribution in [2.75, 3.05) is 29.3 Å². The normalized spacial score (nSPS) is 17.6. The molecule has 0 unspecified atom stereocenters. The lowest BCUT2D eigenvalue weighted by atomic mass is 10.0. The Morgan fingerprint density at radius 3 is 2.25 bits per heavy atom. The molecule has 1 aromatic carbocycles. The quantitative estimate of drug-likeness (QED) is 0.116. The highest BCUT2D eigenvalue weighted by atomic mass is 35.5. The summed E-state index contributed by atoms with van der Waals surface area (Å²) in [6, 6.07) is 11.8. The average Bonchev–Trinajstić information content (AvgIpc) is 3.41. The fourth-order valence-corrected chi connectivity index (χ4v) is 8.20. The van der Waals surface area contributed by atoms with Gasteiger partial charge in [0, 0.05) is 47.2 Å². The maximum atomic E-state index is 14.1. The monoisotopic (exact) mass is 738 g/mol. The van der Waals surface area contributed by atoms with Crippen LogP contribution in [0.1, 0.15) is 60.7 Å². The molecule has 1 saturated heterocycles. The average molecular weight is 739 g/mol. The third kappa shape index (κ3) is 6.15. The number of nitrogens with zero attached hydrogens (tertiary/aromatic N) is 9. The first kappa shape index (κ1) is 32.6. The number of benzene rings is 1. The first-order valence-corrected chi connectivity index (χ1v) is 18.7. The minimum atomic E-state index is -0.692. The third-order valence-electron chi connectivity index (χ3n) is 9.86. The van der Waals surface area contributed by atoms with Crippen LogP contribution in [0.5, 0.6) is 0 Å². The van der Waals surface area contributed by atoms with Gasteiger partial charge in [-0.15, -0.1) is 0 Å². The Morgan fingerprint density at radius 2 is 1.60 bits per heavy atom. The second-order valence-corrected chi connectivity index (χ2v) is 15.2. The second-order valence-electron chi connectivity index (χ2n) is 13.8. The van der Waals surface area contributed by atoms with Crippen molar-refractivity contribution in [3.05, 3.63) is 95.1 Å². The zero-order valence-electron chi connectivity index (χ0n) is 28.9. The van der Waals surface area contributed by atoms with Crippen molar-refractivity contribution in [1.82, 2.24) is 54.4 Å². The number of imidazole rings is 2. The summed E-state index contributed by atoms with van der Waals surface area (Å²) < 4.78 is 4.23. The fourth-order valence-electron chi connectivity index (χ4n) is 7.06. The molecule has 0 atom stereocenters. The minimum Gasteiger partial charge on any atom is -0.356 e. The van der Waals surface area contributed by atoms with E-state index in [1.54, 1.807) is 18.1 Å². The van der Waals surface area contributed by atoms with E-state index in [0.717, 1.165) is 94.6 Å². The smallest absolute Gasteiger partial charge is 0.238 e. The van der Waals surface area contributed by atoms with E-state index in [0.29, 0.717) is 24.1 Å². The standard InChI is InChI=1S/C35H39ClN14OS/c1-22-14-28(42-40-22)44-47-17-25-16-37-33(50(25)30(19-47)46-12-4-3-5-13-46)35(10-11-35)34(51)39-24-6-8-26(9-7-24)52-31-20-48(45-29-15-23(2)41-43-29)18-27-32(36)38-21-49(27)31/h6-9,14-16,19-21H,3-5,10-13,17-18H2,1-2H3,(H,39,51)(H2,40,42,44)(H2,41,43,45). The number of nitrogens with one attached hydrogen (secondary N) is 5. The van der Waals surface area contributed by atoms with Crippen LogP contribution >= 0.6 is 23.4 Å². The van der Waals surface area contributed by atoms with Gasteiger partial charge >= 0.3 is 0 Å². The zero-order valence-corrected chi connectivity index (χ0v) is 30.4. The van der Waals surface area contributed by atoms with Crippen LogP contribution in [0.15, 0.2) is 66.2 Å². The first-order valence-electron chi connectivity index (χ1n) is 17.5. The molecule has 0 spiro atoms. The summed E-state index contributed by atoms with van der Waals surface area (Å²) in [5, 5.41) is 23.2. The number of aromatic amines is 2. The number of H-pyrrole nitrogens is 2. The van der Waals surface area contributed by atoms with Crippen molar-refractivity contribution in [2.24, 2.45) is 0 Å². The third-order valence-corrected chi connectivity index (χ3v) is 11.2.